The van der Waals surface area contributed by atoms with E-state index in [1.165, 1.54) is 5.56 Å². The highest BCUT2D eigenvalue weighted by Crippen LogP contribution is 2.36. The first-order valence-corrected chi connectivity index (χ1v) is 8.00. The molecule has 3 rings (SSSR count). The van der Waals surface area contributed by atoms with Crippen molar-refractivity contribution in [3.63, 3.8) is 0 Å². The molecule has 0 amide bonds. The van der Waals surface area contributed by atoms with Gasteiger partial charge in [-0.25, -0.2) is 0 Å². The number of hydrogen-bond acceptors (Lipinski definition) is 3. The van der Waals surface area contributed by atoms with Gasteiger partial charge in [0.2, 0.25) is 0 Å². The van der Waals surface area contributed by atoms with E-state index >= 15 is 0 Å². The Morgan fingerprint density at radius 3 is 2.24 bits per heavy atom. The summed E-state index contributed by atoms with van der Waals surface area (Å²) in [5.41, 5.74) is 1.77. The SMILES string of the molecule is CC.CC1(C)OB(c2ccc3c(c2)CCCO3)OC1(C)C. The summed E-state index contributed by atoms with van der Waals surface area (Å²) >= 11 is 0. The summed E-state index contributed by atoms with van der Waals surface area (Å²) in [7, 11) is -0.280. The summed E-state index contributed by atoms with van der Waals surface area (Å²) in [6.07, 6.45) is 2.16. The molecule has 3 nitrogen and oxygen atoms in total. The van der Waals surface area contributed by atoms with Gasteiger partial charge in [-0.2, -0.15) is 0 Å². The molecule has 0 radical (unpaired) electrons. The third-order valence-corrected chi connectivity index (χ3v) is 4.46. The van der Waals surface area contributed by atoms with Gasteiger partial charge >= 0.3 is 7.12 Å². The lowest BCUT2D eigenvalue weighted by Gasteiger charge is -2.32. The highest BCUT2D eigenvalue weighted by atomic mass is 16.7. The van der Waals surface area contributed by atoms with E-state index in [9.17, 15) is 0 Å². The summed E-state index contributed by atoms with van der Waals surface area (Å²) in [5, 5.41) is 0. The molecule has 0 unspecified atom stereocenters. The molecule has 1 saturated heterocycles. The van der Waals surface area contributed by atoms with E-state index in [0.29, 0.717) is 0 Å². The summed E-state index contributed by atoms with van der Waals surface area (Å²) in [6, 6.07) is 6.25. The first kappa shape index (κ1) is 16.4. The first-order valence-electron chi connectivity index (χ1n) is 8.00. The van der Waals surface area contributed by atoms with Crippen molar-refractivity contribution >= 4 is 12.6 Å². The summed E-state index contributed by atoms with van der Waals surface area (Å²) in [6.45, 7) is 13.1. The van der Waals surface area contributed by atoms with Crippen LogP contribution >= 0.6 is 0 Å². The van der Waals surface area contributed by atoms with Gasteiger partial charge in [0.05, 0.1) is 17.8 Å². The number of rotatable bonds is 1. The van der Waals surface area contributed by atoms with Gasteiger partial charge in [0, 0.05) is 0 Å². The van der Waals surface area contributed by atoms with Crippen molar-refractivity contribution in [2.24, 2.45) is 0 Å². The Morgan fingerprint density at radius 1 is 1.00 bits per heavy atom. The molecule has 2 aliphatic rings. The second-order valence-electron chi connectivity index (χ2n) is 6.41. The summed E-state index contributed by atoms with van der Waals surface area (Å²) in [5.74, 6) is 1.01. The van der Waals surface area contributed by atoms with Gasteiger partial charge in [-0.3, -0.25) is 0 Å². The van der Waals surface area contributed by atoms with Gasteiger partial charge in [-0.15, -0.1) is 0 Å². The van der Waals surface area contributed by atoms with Gasteiger partial charge < -0.3 is 14.0 Å². The van der Waals surface area contributed by atoms with E-state index in [1.807, 2.05) is 26.0 Å². The smallest absolute Gasteiger partial charge is 0.493 e. The zero-order chi connectivity index (χ0) is 15.7. The van der Waals surface area contributed by atoms with Crippen LogP contribution in [0.25, 0.3) is 0 Å². The lowest BCUT2D eigenvalue weighted by molar-refractivity contribution is 0.00578. The molecule has 1 aromatic rings. The van der Waals surface area contributed by atoms with Crippen molar-refractivity contribution in [2.45, 2.75) is 65.6 Å². The standard InChI is InChI=1S/C15H21BO3.C2H6/c1-14(2)15(3,4)19-16(18-14)12-7-8-13-11(10-12)6-5-9-17-13;1-2/h7-8,10H,5-6,9H2,1-4H3;1-2H3. The molecule has 4 heteroatoms. The zero-order valence-corrected chi connectivity index (χ0v) is 14.2. The largest absolute Gasteiger partial charge is 0.494 e. The molecule has 0 atom stereocenters. The minimum atomic E-state index is -0.288. The van der Waals surface area contributed by atoms with Crippen LogP contribution in [0.15, 0.2) is 18.2 Å². The maximum Gasteiger partial charge on any atom is 0.494 e. The second kappa shape index (κ2) is 6.01. The van der Waals surface area contributed by atoms with Crippen LogP contribution in [-0.2, 0) is 15.7 Å². The van der Waals surface area contributed by atoms with E-state index in [4.69, 9.17) is 14.0 Å². The fourth-order valence-corrected chi connectivity index (χ4v) is 2.51. The van der Waals surface area contributed by atoms with Gasteiger partial charge in [0.1, 0.15) is 5.75 Å². The predicted molar refractivity (Wildman–Crippen MR) is 87.3 cm³/mol. The van der Waals surface area contributed by atoms with Crippen molar-refractivity contribution in [3.05, 3.63) is 23.8 Å². The summed E-state index contributed by atoms with van der Waals surface area (Å²) < 4.78 is 17.8. The van der Waals surface area contributed by atoms with Crippen LogP contribution in [0, 0.1) is 0 Å². The Hall–Kier alpha value is -0.995. The average molecular weight is 290 g/mol. The normalized spacial score (nSPS) is 21.9. The maximum absolute atomic E-state index is 6.08. The number of benzene rings is 1. The molecule has 21 heavy (non-hydrogen) atoms. The topological polar surface area (TPSA) is 27.7 Å². The molecule has 0 N–H and O–H groups in total. The number of ether oxygens (including phenoxy) is 1. The van der Waals surface area contributed by atoms with Gasteiger partial charge in [-0.1, -0.05) is 26.0 Å². The molecule has 2 heterocycles. The molecule has 1 fully saturated rings. The van der Waals surface area contributed by atoms with Crippen LogP contribution in [0.3, 0.4) is 0 Å². The van der Waals surface area contributed by atoms with E-state index in [1.54, 1.807) is 0 Å². The Kier molecular flexibility index (Phi) is 4.69. The highest BCUT2D eigenvalue weighted by molar-refractivity contribution is 6.62. The number of aryl methyl sites for hydroxylation is 1. The second-order valence-corrected chi connectivity index (χ2v) is 6.41. The molecule has 2 aliphatic heterocycles. The summed E-state index contributed by atoms with van der Waals surface area (Å²) in [4.78, 5) is 0. The van der Waals surface area contributed by atoms with Gasteiger partial charge in [-0.05, 0) is 57.6 Å². The van der Waals surface area contributed by atoms with Crippen LogP contribution in [0.5, 0.6) is 5.75 Å². The lowest BCUT2D eigenvalue weighted by atomic mass is 9.78. The fourth-order valence-electron chi connectivity index (χ4n) is 2.51. The van der Waals surface area contributed by atoms with Crippen LogP contribution in [0.1, 0.15) is 53.5 Å². The molecule has 1 aromatic carbocycles. The fraction of sp³-hybridized carbons (Fsp3) is 0.647. The van der Waals surface area contributed by atoms with Crippen molar-refractivity contribution in [1.29, 1.82) is 0 Å². The molecular weight excluding hydrogens is 263 g/mol. The molecule has 0 bridgehead atoms. The third-order valence-electron chi connectivity index (χ3n) is 4.46. The Labute approximate surface area is 129 Å². The number of fused-ring (bicyclic) bond motifs is 1. The minimum Gasteiger partial charge on any atom is -0.493 e. The predicted octanol–water partition coefficient (Wildman–Crippen LogP) is 3.34. The van der Waals surface area contributed by atoms with E-state index in [-0.39, 0.29) is 18.3 Å². The Balaban J connectivity index is 0.000000774. The first-order chi connectivity index (χ1) is 9.89. The molecular formula is C17H27BO3. The van der Waals surface area contributed by atoms with Crippen LogP contribution in [0.2, 0.25) is 0 Å². The molecule has 0 saturated carbocycles. The highest BCUT2D eigenvalue weighted by Gasteiger charge is 2.51. The number of hydrogen-bond donors (Lipinski definition) is 0. The molecule has 116 valence electrons. The van der Waals surface area contributed by atoms with Gasteiger partial charge in [0.15, 0.2) is 0 Å². The minimum absolute atomic E-state index is 0.280. The molecule has 0 spiro atoms. The van der Waals surface area contributed by atoms with Crippen LogP contribution < -0.4 is 10.2 Å². The Bertz CT molecular complexity index is 481. The third kappa shape index (κ3) is 3.11. The lowest BCUT2D eigenvalue weighted by Crippen LogP contribution is -2.41. The van der Waals surface area contributed by atoms with Crippen LogP contribution in [-0.4, -0.2) is 24.9 Å². The quantitative estimate of drug-likeness (QED) is 0.742. The van der Waals surface area contributed by atoms with Gasteiger partial charge in [0.25, 0.3) is 0 Å². The van der Waals surface area contributed by atoms with E-state index in [2.05, 4.69) is 33.8 Å². The van der Waals surface area contributed by atoms with Crippen molar-refractivity contribution < 1.29 is 14.0 Å². The van der Waals surface area contributed by atoms with Crippen molar-refractivity contribution in [3.8, 4) is 5.75 Å². The van der Waals surface area contributed by atoms with Crippen LogP contribution in [0.4, 0.5) is 0 Å². The zero-order valence-electron chi connectivity index (χ0n) is 14.2. The molecule has 0 aromatic heterocycles. The van der Waals surface area contributed by atoms with E-state index < -0.39 is 0 Å². The maximum atomic E-state index is 6.08. The average Bonchev–Trinajstić information content (AvgIpc) is 2.69. The van der Waals surface area contributed by atoms with Crippen molar-refractivity contribution in [1.82, 2.24) is 0 Å². The molecule has 0 aliphatic carbocycles. The van der Waals surface area contributed by atoms with E-state index in [0.717, 1.165) is 30.7 Å². The Morgan fingerprint density at radius 2 is 1.62 bits per heavy atom. The monoisotopic (exact) mass is 290 g/mol. The van der Waals surface area contributed by atoms with Crippen molar-refractivity contribution in [2.75, 3.05) is 6.61 Å².